The summed E-state index contributed by atoms with van der Waals surface area (Å²) in [6.45, 7) is 3.23. The number of hydrogen-bond donors (Lipinski definition) is 1. The molecule has 8 nitrogen and oxygen atoms in total. The fraction of sp³-hybridized carbons (Fsp3) is 0.273. The predicted octanol–water partition coefficient (Wildman–Crippen LogP) is 2.93. The molecule has 1 aromatic carbocycles. The highest BCUT2D eigenvalue weighted by Crippen LogP contribution is 2.14. The Morgan fingerprint density at radius 1 is 1.00 bits per heavy atom. The second kappa shape index (κ2) is 10.0. The van der Waals surface area contributed by atoms with E-state index in [9.17, 15) is 9.59 Å². The molecule has 2 aromatic heterocycles. The Balaban J connectivity index is 1.23. The minimum atomic E-state index is -0.464. The van der Waals surface area contributed by atoms with Crippen molar-refractivity contribution >= 4 is 29.3 Å². The average Bonchev–Trinajstić information content (AvgIpc) is 3.36. The molecule has 1 N–H and O–H groups in total. The van der Waals surface area contributed by atoms with Gasteiger partial charge in [0.25, 0.3) is 5.91 Å². The molecule has 1 aliphatic heterocycles. The molecule has 9 heteroatoms. The van der Waals surface area contributed by atoms with E-state index in [1.807, 2.05) is 34.5 Å². The van der Waals surface area contributed by atoms with Gasteiger partial charge in [-0.25, -0.2) is 14.8 Å². The van der Waals surface area contributed by atoms with Gasteiger partial charge in [0.1, 0.15) is 6.61 Å². The lowest BCUT2D eigenvalue weighted by atomic mass is 10.1. The van der Waals surface area contributed by atoms with Gasteiger partial charge >= 0.3 is 6.09 Å². The summed E-state index contributed by atoms with van der Waals surface area (Å²) in [7, 11) is 0. The van der Waals surface area contributed by atoms with Crippen LogP contribution in [-0.2, 0) is 17.9 Å². The number of rotatable bonds is 6. The SMILES string of the molecule is O=C(NCc1cccs1)OCc1ccc(C(=O)N2CCN(c3ncccn3)CC2)cc1. The third-order valence-corrected chi connectivity index (χ3v) is 5.84. The van der Waals surface area contributed by atoms with Crippen molar-refractivity contribution in [3.8, 4) is 0 Å². The van der Waals surface area contributed by atoms with Crippen LogP contribution in [0.1, 0.15) is 20.8 Å². The number of piperazine rings is 1. The maximum atomic E-state index is 12.8. The zero-order valence-electron chi connectivity index (χ0n) is 16.9. The topological polar surface area (TPSA) is 87.7 Å². The minimum Gasteiger partial charge on any atom is -0.445 e. The van der Waals surface area contributed by atoms with Crippen molar-refractivity contribution in [3.63, 3.8) is 0 Å². The van der Waals surface area contributed by atoms with Crippen LogP contribution in [0.15, 0.2) is 60.2 Å². The van der Waals surface area contributed by atoms with Crippen LogP contribution in [0, 0.1) is 0 Å². The molecule has 0 unspecified atom stereocenters. The highest BCUT2D eigenvalue weighted by Gasteiger charge is 2.23. The van der Waals surface area contributed by atoms with Gasteiger partial charge in [-0.3, -0.25) is 4.79 Å². The minimum absolute atomic E-state index is 0.00482. The number of nitrogens with zero attached hydrogens (tertiary/aromatic N) is 4. The molecule has 4 rings (SSSR count). The van der Waals surface area contributed by atoms with E-state index in [0.717, 1.165) is 10.4 Å². The van der Waals surface area contributed by atoms with E-state index < -0.39 is 6.09 Å². The van der Waals surface area contributed by atoms with Crippen molar-refractivity contribution in [2.24, 2.45) is 0 Å². The van der Waals surface area contributed by atoms with E-state index in [2.05, 4.69) is 20.2 Å². The van der Waals surface area contributed by atoms with Crippen LogP contribution in [0.3, 0.4) is 0 Å². The highest BCUT2D eigenvalue weighted by atomic mass is 32.1. The van der Waals surface area contributed by atoms with Crippen LogP contribution < -0.4 is 10.2 Å². The van der Waals surface area contributed by atoms with Crippen LogP contribution in [0.4, 0.5) is 10.7 Å². The summed E-state index contributed by atoms with van der Waals surface area (Å²) < 4.78 is 5.24. The van der Waals surface area contributed by atoms with Gasteiger partial charge in [-0.15, -0.1) is 11.3 Å². The number of hydrogen-bond acceptors (Lipinski definition) is 7. The maximum Gasteiger partial charge on any atom is 0.407 e. The van der Waals surface area contributed by atoms with Gasteiger partial charge in [-0.2, -0.15) is 0 Å². The smallest absolute Gasteiger partial charge is 0.407 e. The first-order chi connectivity index (χ1) is 15.2. The molecule has 1 fully saturated rings. The highest BCUT2D eigenvalue weighted by molar-refractivity contribution is 7.09. The van der Waals surface area contributed by atoms with Gasteiger partial charge in [-0.1, -0.05) is 18.2 Å². The fourth-order valence-corrected chi connectivity index (χ4v) is 3.91. The van der Waals surface area contributed by atoms with Crippen molar-refractivity contribution in [2.75, 3.05) is 31.1 Å². The lowest BCUT2D eigenvalue weighted by Gasteiger charge is -2.34. The summed E-state index contributed by atoms with van der Waals surface area (Å²) in [5.74, 6) is 0.688. The van der Waals surface area contributed by atoms with Crippen molar-refractivity contribution in [2.45, 2.75) is 13.2 Å². The van der Waals surface area contributed by atoms with Crippen molar-refractivity contribution < 1.29 is 14.3 Å². The first-order valence-corrected chi connectivity index (χ1v) is 10.9. The molecule has 0 spiro atoms. The van der Waals surface area contributed by atoms with E-state index >= 15 is 0 Å². The lowest BCUT2D eigenvalue weighted by molar-refractivity contribution is 0.0746. The van der Waals surface area contributed by atoms with E-state index in [4.69, 9.17) is 4.74 Å². The first-order valence-electron chi connectivity index (χ1n) is 10.0. The van der Waals surface area contributed by atoms with E-state index in [0.29, 0.717) is 44.2 Å². The van der Waals surface area contributed by atoms with Crippen molar-refractivity contribution in [1.29, 1.82) is 0 Å². The molecule has 2 amide bonds. The summed E-state index contributed by atoms with van der Waals surface area (Å²) in [6.07, 6.45) is 2.98. The third-order valence-electron chi connectivity index (χ3n) is 4.96. The molecule has 1 saturated heterocycles. The largest absolute Gasteiger partial charge is 0.445 e. The zero-order chi connectivity index (χ0) is 21.5. The van der Waals surface area contributed by atoms with Crippen molar-refractivity contribution in [1.82, 2.24) is 20.2 Å². The molecular formula is C22H23N5O3S. The summed E-state index contributed by atoms with van der Waals surface area (Å²) in [6, 6.07) is 12.9. The number of ether oxygens (including phenoxy) is 1. The van der Waals surface area contributed by atoms with Gasteiger partial charge in [0.15, 0.2) is 0 Å². The van der Waals surface area contributed by atoms with Crippen LogP contribution in [0.25, 0.3) is 0 Å². The Kier molecular flexibility index (Phi) is 6.73. The second-order valence-electron chi connectivity index (χ2n) is 7.03. The molecule has 0 radical (unpaired) electrons. The van der Waals surface area contributed by atoms with Gasteiger partial charge in [0, 0.05) is 49.0 Å². The van der Waals surface area contributed by atoms with E-state index in [1.165, 1.54) is 0 Å². The molecule has 0 bridgehead atoms. The van der Waals surface area contributed by atoms with Crippen LogP contribution in [0.2, 0.25) is 0 Å². The van der Waals surface area contributed by atoms with Gasteiger partial charge in [0.05, 0.1) is 6.54 Å². The number of benzene rings is 1. The molecule has 31 heavy (non-hydrogen) atoms. The zero-order valence-corrected chi connectivity index (χ0v) is 17.8. The monoisotopic (exact) mass is 437 g/mol. The quantitative estimate of drug-likeness (QED) is 0.638. The summed E-state index contributed by atoms with van der Waals surface area (Å²) in [5.41, 5.74) is 1.45. The molecular weight excluding hydrogens is 414 g/mol. The lowest BCUT2D eigenvalue weighted by Crippen LogP contribution is -2.49. The van der Waals surface area contributed by atoms with Crippen LogP contribution in [-0.4, -0.2) is 53.0 Å². The molecule has 0 aliphatic carbocycles. The van der Waals surface area contributed by atoms with Gasteiger partial charge < -0.3 is 19.9 Å². The second-order valence-corrected chi connectivity index (χ2v) is 8.07. The third kappa shape index (κ3) is 5.58. The molecule has 3 heterocycles. The Bertz CT molecular complexity index is 988. The number of anilines is 1. The van der Waals surface area contributed by atoms with E-state index in [-0.39, 0.29) is 12.5 Å². The summed E-state index contributed by atoms with van der Waals surface area (Å²) >= 11 is 1.58. The Labute approximate surface area is 184 Å². The summed E-state index contributed by atoms with van der Waals surface area (Å²) in [4.78, 5) is 38.1. The average molecular weight is 438 g/mol. The number of aromatic nitrogens is 2. The van der Waals surface area contributed by atoms with E-state index in [1.54, 1.807) is 41.9 Å². The normalized spacial score (nSPS) is 13.7. The number of nitrogens with one attached hydrogen (secondary N) is 1. The van der Waals surface area contributed by atoms with Crippen molar-refractivity contribution in [3.05, 3.63) is 76.2 Å². The first kappa shape index (κ1) is 20.8. The number of carbonyl (C=O) groups is 2. The molecule has 160 valence electrons. The molecule has 0 atom stereocenters. The Hall–Kier alpha value is -3.46. The van der Waals surface area contributed by atoms with Crippen LogP contribution in [0.5, 0.6) is 0 Å². The Morgan fingerprint density at radius 3 is 2.42 bits per heavy atom. The van der Waals surface area contributed by atoms with Gasteiger partial charge in [0.2, 0.25) is 5.95 Å². The number of alkyl carbamates (subject to hydrolysis) is 1. The molecule has 3 aromatic rings. The summed E-state index contributed by atoms with van der Waals surface area (Å²) in [5, 5.41) is 4.68. The Morgan fingerprint density at radius 2 is 1.74 bits per heavy atom. The number of thiophene rings is 1. The maximum absolute atomic E-state index is 12.8. The predicted molar refractivity (Wildman–Crippen MR) is 118 cm³/mol. The molecule has 1 aliphatic rings. The van der Waals surface area contributed by atoms with Crippen LogP contribution >= 0.6 is 11.3 Å². The number of amides is 2. The molecule has 0 saturated carbocycles. The van der Waals surface area contributed by atoms with Gasteiger partial charge in [-0.05, 0) is 35.2 Å². The standard InChI is InChI=1S/C22H23N5O3S/c28-20(26-10-12-27(13-11-26)21-23-8-2-9-24-21)18-6-4-17(5-7-18)16-30-22(29)25-15-19-3-1-14-31-19/h1-9,14H,10-13,15-16H2,(H,25,29). The fourth-order valence-electron chi connectivity index (χ4n) is 3.26. The number of carbonyl (C=O) groups excluding carboxylic acids is 2.